The van der Waals surface area contributed by atoms with Crippen LogP contribution in [0.25, 0.3) is 0 Å². The smallest absolute Gasteiger partial charge is 0.209 e. The first-order chi connectivity index (χ1) is 6.57. The molecule has 0 fully saturated rings. The highest BCUT2D eigenvalue weighted by molar-refractivity contribution is 7.80. The molecule has 0 aromatic carbocycles. The first-order valence-corrected chi connectivity index (χ1v) is 5.09. The molecule has 0 spiro atoms. The van der Waals surface area contributed by atoms with Crippen molar-refractivity contribution in [1.82, 2.24) is 0 Å². The predicted octanol–water partition coefficient (Wildman–Crippen LogP) is -0.643. The Morgan fingerprint density at radius 1 is 1.21 bits per heavy atom. The molecule has 0 saturated heterocycles. The summed E-state index contributed by atoms with van der Waals surface area (Å²) in [5.74, 6) is 0.657. The van der Waals surface area contributed by atoms with Gasteiger partial charge in [-0.05, 0) is 19.1 Å². The molecule has 3 N–H and O–H groups in total. The monoisotopic (exact) mass is 226 g/mol. The molecule has 0 aliphatic heterocycles. The molecule has 0 radical (unpaired) electrons. The number of aliphatic hydroxyl groups excluding tert-OH is 2. The summed E-state index contributed by atoms with van der Waals surface area (Å²) >= 11 is 3.97. The zero-order valence-corrected chi connectivity index (χ0v) is 9.06. The van der Waals surface area contributed by atoms with Gasteiger partial charge >= 0.3 is 0 Å². The standard InChI is InChI=1S/C8H18O5S/c1-6(9)5-13-8(7(10)11)12-3-2-4-14/h6-11,14H,2-5H2,1H3/t6-,8?/m0/s1. The lowest BCUT2D eigenvalue weighted by Crippen LogP contribution is -2.34. The molecule has 2 atom stereocenters. The molecule has 0 aliphatic rings. The van der Waals surface area contributed by atoms with Crippen molar-refractivity contribution in [3.63, 3.8) is 0 Å². The number of rotatable bonds is 8. The van der Waals surface area contributed by atoms with Crippen LogP contribution in [-0.2, 0) is 9.47 Å². The summed E-state index contributed by atoms with van der Waals surface area (Å²) in [6.07, 6.45) is -2.77. The molecule has 0 aromatic heterocycles. The minimum atomic E-state index is -1.70. The van der Waals surface area contributed by atoms with Crippen LogP contribution in [0.15, 0.2) is 0 Å². The van der Waals surface area contributed by atoms with Gasteiger partial charge in [0.2, 0.25) is 12.6 Å². The van der Waals surface area contributed by atoms with E-state index in [2.05, 4.69) is 12.6 Å². The highest BCUT2D eigenvalue weighted by Gasteiger charge is 2.18. The van der Waals surface area contributed by atoms with Crippen LogP contribution in [0.2, 0.25) is 0 Å². The minimum Gasteiger partial charge on any atom is -0.391 e. The van der Waals surface area contributed by atoms with E-state index in [1.54, 1.807) is 0 Å². The second kappa shape index (κ2) is 8.46. The second-order valence-corrected chi connectivity index (χ2v) is 3.36. The summed E-state index contributed by atoms with van der Waals surface area (Å²) in [7, 11) is 0. The topological polar surface area (TPSA) is 79.2 Å². The van der Waals surface area contributed by atoms with E-state index in [9.17, 15) is 0 Å². The van der Waals surface area contributed by atoms with E-state index < -0.39 is 18.7 Å². The van der Waals surface area contributed by atoms with Gasteiger partial charge in [0, 0.05) is 0 Å². The highest BCUT2D eigenvalue weighted by Crippen LogP contribution is 2.02. The van der Waals surface area contributed by atoms with Crippen LogP contribution < -0.4 is 0 Å². The highest BCUT2D eigenvalue weighted by atomic mass is 32.1. The normalized spacial score (nSPS) is 15.9. The Kier molecular flexibility index (Phi) is 8.55. The van der Waals surface area contributed by atoms with E-state index in [1.807, 2.05) is 0 Å². The van der Waals surface area contributed by atoms with Crippen LogP contribution in [0.4, 0.5) is 0 Å². The minimum absolute atomic E-state index is 0.00314. The Balaban J connectivity index is 3.66. The molecule has 6 heteroatoms. The third kappa shape index (κ3) is 7.54. The molecule has 1 unspecified atom stereocenters. The van der Waals surface area contributed by atoms with Crippen LogP contribution in [0.5, 0.6) is 0 Å². The van der Waals surface area contributed by atoms with E-state index in [0.717, 1.165) is 0 Å². The van der Waals surface area contributed by atoms with E-state index in [-0.39, 0.29) is 6.61 Å². The molecule has 0 rings (SSSR count). The lowest BCUT2D eigenvalue weighted by molar-refractivity contribution is -0.258. The van der Waals surface area contributed by atoms with Gasteiger partial charge < -0.3 is 24.8 Å². The number of ether oxygens (including phenoxy) is 2. The largest absolute Gasteiger partial charge is 0.391 e. The Bertz CT molecular complexity index is 131. The first-order valence-electron chi connectivity index (χ1n) is 4.46. The number of hydrogen-bond acceptors (Lipinski definition) is 6. The van der Waals surface area contributed by atoms with Crippen LogP contribution >= 0.6 is 12.6 Å². The maximum absolute atomic E-state index is 8.90. The van der Waals surface area contributed by atoms with Crippen molar-refractivity contribution in [3.8, 4) is 0 Å². The molecule has 0 bridgehead atoms. The van der Waals surface area contributed by atoms with Crippen molar-refractivity contribution in [2.75, 3.05) is 19.0 Å². The average Bonchev–Trinajstić information content (AvgIpc) is 2.10. The molecular formula is C8H18O5S. The van der Waals surface area contributed by atoms with E-state index in [4.69, 9.17) is 24.8 Å². The lowest BCUT2D eigenvalue weighted by Gasteiger charge is -2.20. The van der Waals surface area contributed by atoms with Crippen LogP contribution in [0.1, 0.15) is 13.3 Å². The average molecular weight is 226 g/mol. The van der Waals surface area contributed by atoms with Crippen LogP contribution in [0, 0.1) is 0 Å². The summed E-state index contributed by atoms with van der Waals surface area (Å²) in [4.78, 5) is 0. The summed E-state index contributed by atoms with van der Waals surface area (Å²) in [5, 5.41) is 26.6. The lowest BCUT2D eigenvalue weighted by atomic mass is 10.4. The van der Waals surface area contributed by atoms with E-state index in [1.165, 1.54) is 6.92 Å². The van der Waals surface area contributed by atoms with E-state index in [0.29, 0.717) is 18.8 Å². The van der Waals surface area contributed by atoms with Gasteiger partial charge in [-0.2, -0.15) is 12.6 Å². The summed E-state index contributed by atoms with van der Waals surface area (Å²) in [6.45, 7) is 1.88. The van der Waals surface area contributed by atoms with Gasteiger partial charge in [0.1, 0.15) is 0 Å². The maximum atomic E-state index is 8.90. The molecular weight excluding hydrogens is 208 g/mol. The molecule has 5 nitrogen and oxygen atoms in total. The van der Waals surface area contributed by atoms with Crippen molar-refractivity contribution >= 4 is 12.6 Å². The third-order valence-corrected chi connectivity index (χ3v) is 1.65. The Hall–Kier alpha value is 0.150. The van der Waals surface area contributed by atoms with Gasteiger partial charge in [0.15, 0.2) is 0 Å². The fourth-order valence-electron chi connectivity index (χ4n) is 0.718. The van der Waals surface area contributed by atoms with Crippen molar-refractivity contribution in [2.45, 2.75) is 32.0 Å². The maximum Gasteiger partial charge on any atom is 0.209 e. The molecule has 0 aliphatic carbocycles. The molecule has 0 heterocycles. The Labute approximate surface area is 89.1 Å². The van der Waals surface area contributed by atoms with Crippen LogP contribution in [0.3, 0.4) is 0 Å². The van der Waals surface area contributed by atoms with Crippen molar-refractivity contribution in [3.05, 3.63) is 0 Å². The van der Waals surface area contributed by atoms with Gasteiger partial charge in [0.05, 0.1) is 19.3 Å². The number of thiol groups is 1. The summed E-state index contributed by atoms with van der Waals surface area (Å²) in [5.41, 5.74) is 0. The van der Waals surface area contributed by atoms with Crippen molar-refractivity contribution < 1.29 is 24.8 Å². The van der Waals surface area contributed by atoms with Gasteiger partial charge in [-0.25, -0.2) is 0 Å². The number of hydrogen-bond donors (Lipinski definition) is 4. The van der Waals surface area contributed by atoms with Crippen LogP contribution in [-0.4, -0.2) is 53.0 Å². The zero-order chi connectivity index (χ0) is 11.0. The predicted molar refractivity (Wildman–Crippen MR) is 54.1 cm³/mol. The molecule has 0 amide bonds. The SMILES string of the molecule is C[C@H](O)COC(OCCCS)C(O)O. The first kappa shape index (κ1) is 14.2. The Morgan fingerprint density at radius 3 is 2.29 bits per heavy atom. The zero-order valence-electron chi connectivity index (χ0n) is 8.17. The molecule has 86 valence electrons. The molecule has 0 aromatic rings. The third-order valence-electron chi connectivity index (χ3n) is 1.33. The summed E-state index contributed by atoms with van der Waals surface area (Å²) < 4.78 is 9.93. The summed E-state index contributed by atoms with van der Waals surface area (Å²) in [6, 6.07) is 0. The van der Waals surface area contributed by atoms with Gasteiger partial charge in [0.25, 0.3) is 0 Å². The molecule has 0 saturated carbocycles. The van der Waals surface area contributed by atoms with E-state index >= 15 is 0 Å². The fourth-order valence-corrected chi connectivity index (χ4v) is 0.847. The van der Waals surface area contributed by atoms with Crippen molar-refractivity contribution in [2.24, 2.45) is 0 Å². The van der Waals surface area contributed by atoms with Gasteiger partial charge in [-0.3, -0.25) is 0 Å². The van der Waals surface area contributed by atoms with Gasteiger partial charge in [-0.15, -0.1) is 0 Å². The fraction of sp³-hybridized carbons (Fsp3) is 1.00. The van der Waals surface area contributed by atoms with Gasteiger partial charge in [-0.1, -0.05) is 0 Å². The van der Waals surface area contributed by atoms with Crippen molar-refractivity contribution in [1.29, 1.82) is 0 Å². The number of aliphatic hydroxyl groups is 3. The second-order valence-electron chi connectivity index (χ2n) is 2.91. The molecule has 14 heavy (non-hydrogen) atoms. The quantitative estimate of drug-likeness (QED) is 0.251. The Morgan fingerprint density at radius 2 is 1.86 bits per heavy atom.